The first-order valence-corrected chi connectivity index (χ1v) is 5.85. The van der Waals surface area contributed by atoms with E-state index in [1.165, 1.54) is 5.56 Å². The van der Waals surface area contributed by atoms with Crippen LogP contribution in [0.2, 0.25) is 0 Å². The smallest absolute Gasteiger partial charge is 0.123 e. The predicted octanol–water partition coefficient (Wildman–Crippen LogP) is 1.83. The van der Waals surface area contributed by atoms with Crippen molar-refractivity contribution in [2.75, 3.05) is 26.7 Å². The first-order chi connectivity index (χ1) is 7.68. The molecule has 1 aliphatic heterocycles. The summed E-state index contributed by atoms with van der Waals surface area (Å²) in [6.45, 7) is 5.36. The lowest BCUT2D eigenvalue weighted by Gasteiger charge is -2.37. The van der Waals surface area contributed by atoms with E-state index in [0.29, 0.717) is 12.0 Å². The Morgan fingerprint density at radius 1 is 1.38 bits per heavy atom. The van der Waals surface area contributed by atoms with Gasteiger partial charge in [-0.25, -0.2) is 4.39 Å². The zero-order valence-corrected chi connectivity index (χ0v) is 9.91. The van der Waals surface area contributed by atoms with Crippen LogP contribution in [0.5, 0.6) is 0 Å². The van der Waals surface area contributed by atoms with Crippen LogP contribution in [0.1, 0.15) is 18.4 Å². The average Bonchev–Trinajstić information content (AvgIpc) is 2.30. The Labute approximate surface area is 96.5 Å². The van der Waals surface area contributed by atoms with E-state index in [4.69, 9.17) is 0 Å². The molecular weight excluding hydrogens is 203 g/mol. The number of benzene rings is 1. The summed E-state index contributed by atoms with van der Waals surface area (Å²) in [5, 5.41) is 3.41. The van der Waals surface area contributed by atoms with Crippen LogP contribution in [-0.2, 0) is 0 Å². The standard InChI is InChI=1S/C13H19FN2/c1-10(11-3-5-12(14)6-4-11)13-9-15-7-8-16(13)2/h3-6,10,13,15H,7-9H2,1-2H3. The molecule has 1 aliphatic rings. The van der Waals surface area contributed by atoms with Crippen LogP contribution in [0.15, 0.2) is 24.3 Å². The summed E-state index contributed by atoms with van der Waals surface area (Å²) in [6, 6.07) is 7.37. The Kier molecular flexibility index (Phi) is 3.56. The van der Waals surface area contributed by atoms with Crippen molar-refractivity contribution in [3.05, 3.63) is 35.6 Å². The van der Waals surface area contributed by atoms with Crippen molar-refractivity contribution in [2.24, 2.45) is 0 Å². The summed E-state index contributed by atoms with van der Waals surface area (Å²) in [7, 11) is 2.16. The molecule has 1 saturated heterocycles. The third-order valence-corrected chi connectivity index (χ3v) is 3.53. The van der Waals surface area contributed by atoms with Crippen molar-refractivity contribution in [3.8, 4) is 0 Å². The molecule has 1 aromatic carbocycles. The molecule has 0 spiro atoms. The van der Waals surface area contributed by atoms with Gasteiger partial charge < -0.3 is 10.2 Å². The summed E-state index contributed by atoms with van der Waals surface area (Å²) >= 11 is 0. The van der Waals surface area contributed by atoms with E-state index in [9.17, 15) is 4.39 Å². The molecule has 0 bridgehead atoms. The van der Waals surface area contributed by atoms with Crippen LogP contribution >= 0.6 is 0 Å². The normalized spacial score (nSPS) is 24.3. The molecule has 0 saturated carbocycles. The maximum atomic E-state index is 12.8. The lowest BCUT2D eigenvalue weighted by Crippen LogP contribution is -2.51. The second kappa shape index (κ2) is 4.93. The molecule has 2 atom stereocenters. The molecule has 2 unspecified atom stereocenters. The quantitative estimate of drug-likeness (QED) is 0.821. The minimum Gasteiger partial charge on any atom is -0.314 e. The molecule has 0 amide bonds. The van der Waals surface area contributed by atoms with E-state index in [1.807, 2.05) is 12.1 Å². The molecule has 2 rings (SSSR count). The van der Waals surface area contributed by atoms with Gasteiger partial charge in [0.15, 0.2) is 0 Å². The zero-order valence-electron chi connectivity index (χ0n) is 9.91. The Morgan fingerprint density at radius 2 is 2.06 bits per heavy atom. The summed E-state index contributed by atoms with van der Waals surface area (Å²) < 4.78 is 12.8. The van der Waals surface area contributed by atoms with Gasteiger partial charge in [-0.3, -0.25) is 0 Å². The Bertz CT molecular complexity index is 336. The molecule has 1 fully saturated rings. The highest BCUT2D eigenvalue weighted by atomic mass is 19.1. The van der Waals surface area contributed by atoms with E-state index >= 15 is 0 Å². The van der Waals surface area contributed by atoms with Gasteiger partial charge in [0.05, 0.1) is 0 Å². The van der Waals surface area contributed by atoms with Gasteiger partial charge >= 0.3 is 0 Å². The second-order valence-corrected chi connectivity index (χ2v) is 4.59. The van der Waals surface area contributed by atoms with Gasteiger partial charge in [-0.1, -0.05) is 19.1 Å². The summed E-state index contributed by atoms with van der Waals surface area (Å²) in [4.78, 5) is 2.38. The fourth-order valence-corrected chi connectivity index (χ4v) is 2.37. The molecule has 2 nitrogen and oxygen atoms in total. The van der Waals surface area contributed by atoms with E-state index in [0.717, 1.165) is 19.6 Å². The number of likely N-dealkylation sites (N-methyl/N-ethyl adjacent to an activating group) is 1. The highest BCUT2D eigenvalue weighted by molar-refractivity contribution is 5.21. The highest BCUT2D eigenvalue weighted by Crippen LogP contribution is 2.23. The molecule has 0 radical (unpaired) electrons. The topological polar surface area (TPSA) is 15.3 Å². The van der Waals surface area contributed by atoms with Crippen molar-refractivity contribution in [3.63, 3.8) is 0 Å². The molecule has 0 aromatic heterocycles. The van der Waals surface area contributed by atoms with Crippen molar-refractivity contribution >= 4 is 0 Å². The molecule has 3 heteroatoms. The van der Waals surface area contributed by atoms with E-state index in [-0.39, 0.29) is 5.82 Å². The molecule has 88 valence electrons. The van der Waals surface area contributed by atoms with Crippen LogP contribution < -0.4 is 5.32 Å². The van der Waals surface area contributed by atoms with Crippen LogP contribution in [0.25, 0.3) is 0 Å². The van der Waals surface area contributed by atoms with Crippen LogP contribution in [0.3, 0.4) is 0 Å². The second-order valence-electron chi connectivity index (χ2n) is 4.59. The Morgan fingerprint density at radius 3 is 2.69 bits per heavy atom. The number of piperazine rings is 1. The number of nitrogens with one attached hydrogen (secondary N) is 1. The fraction of sp³-hybridized carbons (Fsp3) is 0.538. The Hall–Kier alpha value is -0.930. The predicted molar refractivity (Wildman–Crippen MR) is 64.1 cm³/mol. The highest BCUT2D eigenvalue weighted by Gasteiger charge is 2.25. The van der Waals surface area contributed by atoms with Gasteiger partial charge in [-0.05, 0) is 30.7 Å². The maximum absolute atomic E-state index is 12.8. The first-order valence-electron chi connectivity index (χ1n) is 5.85. The zero-order chi connectivity index (χ0) is 11.5. The van der Waals surface area contributed by atoms with Crippen molar-refractivity contribution in [2.45, 2.75) is 18.9 Å². The van der Waals surface area contributed by atoms with Crippen LogP contribution in [-0.4, -0.2) is 37.6 Å². The van der Waals surface area contributed by atoms with Gasteiger partial charge in [-0.2, -0.15) is 0 Å². The van der Waals surface area contributed by atoms with E-state index in [2.05, 4.69) is 24.2 Å². The lowest BCUT2D eigenvalue weighted by molar-refractivity contribution is 0.178. The number of hydrogen-bond donors (Lipinski definition) is 1. The molecular formula is C13H19FN2. The minimum atomic E-state index is -0.161. The molecule has 0 aliphatic carbocycles. The van der Waals surface area contributed by atoms with Crippen molar-refractivity contribution < 1.29 is 4.39 Å². The maximum Gasteiger partial charge on any atom is 0.123 e. The molecule has 1 N–H and O–H groups in total. The summed E-state index contributed by atoms with van der Waals surface area (Å²) in [5.41, 5.74) is 1.21. The fourth-order valence-electron chi connectivity index (χ4n) is 2.37. The SMILES string of the molecule is CC(c1ccc(F)cc1)C1CNCCN1C. The lowest BCUT2D eigenvalue weighted by atomic mass is 9.91. The van der Waals surface area contributed by atoms with Gasteiger partial charge in [0.2, 0.25) is 0 Å². The van der Waals surface area contributed by atoms with E-state index < -0.39 is 0 Å². The van der Waals surface area contributed by atoms with Gasteiger partial charge in [0.25, 0.3) is 0 Å². The average molecular weight is 222 g/mol. The number of rotatable bonds is 2. The third-order valence-electron chi connectivity index (χ3n) is 3.53. The number of hydrogen-bond acceptors (Lipinski definition) is 2. The first kappa shape index (κ1) is 11.6. The Balaban J connectivity index is 2.11. The molecule has 1 heterocycles. The van der Waals surface area contributed by atoms with Crippen LogP contribution in [0, 0.1) is 5.82 Å². The summed E-state index contributed by atoms with van der Waals surface area (Å²) in [5.74, 6) is 0.268. The van der Waals surface area contributed by atoms with Gasteiger partial charge in [0.1, 0.15) is 5.82 Å². The molecule has 1 aromatic rings. The van der Waals surface area contributed by atoms with Crippen LogP contribution in [0.4, 0.5) is 4.39 Å². The van der Waals surface area contributed by atoms with E-state index in [1.54, 1.807) is 12.1 Å². The largest absolute Gasteiger partial charge is 0.314 e. The number of nitrogens with zero attached hydrogens (tertiary/aromatic N) is 1. The van der Waals surface area contributed by atoms with Crippen molar-refractivity contribution in [1.82, 2.24) is 10.2 Å². The molecule has 16 heavy (non-hydrogen) atoms. The van der Waals surface area contributed by atoms with Gasteiger partial charge in [0, 0.05) is 25.7 Å². The monoisotopic (exact) mass is 222 g/mol. The van der Waals surface area contributed by atoms with Gasteiger partial charge in [-0.15, -0.1) is 0 Å². The minimum absolute atomic E-state index is 0.161. The third kappa shape index (κ3) is 2.42. The number of halogens is 1. The summed E-state index contributed by atoms with van der Waals surface area (Å²) in [6.07, 6.45) is 0. The van der Waals surface area contributed by atoms with Crippen molar-refractivity contribution in [1.29, 1.82) is 0 Å².